The van der Waals surface area contributed by atoms with E-state index in [0.29, 0.717) is 17.2 Å². The van der Waals surface area contributed by atoms with Gasteiger partial charge in [0, 0.05) is 17.5 Å². The number of carbonyl (C=O) groups excluding carboxylic acids is 1. The molecular weight excluding hydrogens is 372 g/mol. The fourth-order valence-corrected chi connectivity index (χ4v) is 3.26. The van der Waals surface area contributed by atoms with Gasteiger partial charge in [-0.15, -0.1) is 0 Å². The number of carbonyl (C=O) groups is 2. The number of ether oxygens (including phenoxy) is 3. The zero-order valence-electron chi connectivity index (χ0n) is 15.4. The summed E-state index contributed by atoms with van der Waals surface area (Å²) in [6.45, 7) is -0.459. The molecule has 0 radical (unpaired) electrons. The SMILES string of the molecule is O=C(O)COc1ccc2c(c1)OC(=O)CC2c1ccc(Oc2ccccc2)cc1. The van der Waals surface area contributed by atoms with Crippen molar-refractivity contribution in [3.63, 3.8) is 0 Å². The van der Waals surface area contributed by atoms with E-state index < -0.39 is 12.6 Å². The van der Waals surface area contributed by atoms with Crippen molar-refractivity contribution in [2.45, 2.75) is 12.3 Å². The van der Waals surface area contributed by atoms with Gasteiger partial charge in [-0.2, -0.15) is 0 Å². The van der Waals surface area contributed by atoms with E-state index in [2.05, 4.69) is 0 Å². The molecular formula is C23H18O6. The molecule has 0 saturated heterocycles. The second-order valence-electron chi connectivity index (χ2n) is 6.60. The van der Waals surface area contributed by atoms with Gasteiger partial charge in [0.1, 0.15) is 23.0 Å². The van der Waals surface area contributed by atoms with Crippen LogP contribution in [0.25, 0.3) is 0 Å². The minimum Gasteiger partial charge on any atom is -0.482 e. The lowest BCUT2D eigenvalue weighted by Gasteiger charge is -2.25. The summed E-state index contributed by atoms with van der Waals surface area (Å²) in [4.78, 5) is 22.8. The molecule has 146 valence electrons. The standard InChI is InChI=1S/C23H18O6/c24-22(25)14-27-18-10-11-19-20(13-23(26)29-21(19)12-18)15-6-8-17(9-7-15)28-16-4-2-1-3-5-16/h1-12,20H,13-14H2,(H,24,25). The molecule has 0 aromatic heterocycles. The van der Waals surface area contributed by atoms with Gasteiger partial charge in [-0.3, -0.25) is 4.79 Å². The van der Waals surface area contributed by atoms with E-state index >= 15 is 0 Å². The molecule has 1 atom stereocenters. The summed E-state index contributed by atoms with van der Waals surface area (Å²) in [6, 6.07) is 22.1. The van der Waals surface area contributed by atoms with Crippen molar-refractivity contribution in [1.82, 2.24) is 0 Å². The van der Waals surface area contributed by atoms with Crippen LogP contribution in [0.4, 0.5) is 0 Å². The lowest BCUT2D eigenvalue weighted by molar-refractivity contribution is -0.139. The summed E-state index contributed by atoms with van der Waals surface area (Å²) in [5, 5.41) is 8.74. The number of fused-ring (bicyclic) bond motifs is 1. The van der Waals surface area contributed by atoms with Gasteiger partial charge < -0.3 is 19.3 Å². The van der Waals surface area contributed by atoms with Crippen LogP contribution in [0.3, 0.4) is 0 Å². The first-order chi connectivity index (χ1) is 14.1. The normalized spacial score (nSPS) is 15.2. The van der Waals surface area contributed by atoms with Gasteiger partial charge in [0.05, 0.1) is 6.42 Å². The van der Waals surface area contributed by atoms with E-state index in [1.54, 1.807) is 18.2 Å². The molecule has 4 rings (SSSR count). The van der Waals surface area contributed by atoms with Crippen LogP contribution in [0, 0.1) is 0 Å². The molecule has 1 N–H and O–H groups in total. The minimum atomic E-state index is -1.07. The molecule has 3 aromatic rings. The van der Waals surface area contributed by atoms with Gasteiger partial charge in [0.15, 0.2) is 6.61 Å². The van der Waals surface area contributed by atoms with Crippen LogP contribution in [0.1, 0.15) is 23.5 Å². The van der Waals surface area contributed by atoms with E-state index in [-0.39, 0.29) is 18.3 Å². The first kappa shape index (κ1) is 18.6. The van der Waals surface area contributed by atoms with Crippen LogP contribution in [0.5, 0.6) is 23.0 Å². The monoisotopic (exact) mass is 390 g/mol. The Labute approximate surface area is 167 Å². The Balaban J connectivity index is 1.56. The van der Waals surface area contributed by atoms with E-state index in [4.69, 9.17) is 19.3 Å². The Kier molecular flexibility index (Phi) is 5.16. The highest BCUT2D eigenvalue weighted by molar-refractivity contribution is 5.78. The fourth-order valence-electron chi connectivity index (χ4n) is 3.26. The Morgan fingerprint density at radius 1 is 0.966 bits per heavy atom. The Hall–Kier alpha value is -3.80. The van der Waals surface area contributed by atoms with Gasteiger partial charge in [-0.1, -0.05) is 36.4 Å². The summed E-state index contributed by atoms with van der Waals surface area (Å²) >= 11 is 0. The van der Waals surface area contributed by atoms with Gasteiger partial charge in [-0.05, 0) is 35.9 Å². The summed E-state index contributed by atoms with van der Waals surface area (Å²) < 4.78 is 16.3. The van der Waals surface area contributed by atoms with E-state index in [1.165, 1.54) is 0 Å². The van der Waals surface area contributed by atoms with Crippen molar-refractivity contribution in [1.29, 1.82) is 0 Å². The topological polar surface area (TPSA) is 82.1 Å². The minimum absolute atomic E-state index is 0.162. The number of esters is 1. The largest absolute Gasteiger partial charge is 0.482 e. The van der Waals surface area contributed by atoms with Gasteiger partial charge in [0.25, 0.3) is 0 Å². The molecule has 0 spiro atoms. The number of carboxylic acid groups (broad SMARTS) is 1. The molecule has 6 heteroatoms. The molecule has 3 aromatic carbocycles. The number of hydrogen-bond acceptors (Lipinski definition) is 5. The van der Waals surface area contributed by atoms with Gasteiger partial charge in [-0.25, -0.2) is 4.79 Å². The highest BCUT2D eigenvalue weighted by atomic mass is 16.5. The fraction of sp³-hybridized carbons (Fsp3) is 0.130. The Bertz CT molecular complexity index is 1030. The van der Waals surface area contributed by atoms with Crippen LogP contribution < -0.4 is 14.2 Å². The van der Waals surface area contributed by atoms with Crippen LogP contribution in [-0.2, 0) is 9.59 Å². The van der Waals surface area contributed by atoms with E-state index in [1.807, 2.05) is 54.6 Å². The van der Waals surface area contributed by atoms with E-state index in [0.717, 1.165) is 16.9 Å². The number of rotatable bonds is 6. The van der Waals surface area contributed by atoms with Crippen molar-refractivity contribution < 1.29 is 28.9 Å². The Morgan fingerprint density at radius 2 is 1.66 bits per heavy atom. The van der Waals surface area contributed by atoms with Crippen molar-refractivity contribution in [2.24, 2.45) is 0 Å². The molecule has 1 aliphatic heterocycles. The predicted molar refractivity (Wildman–Crippen MR) is 105 cm³/mol. The third kappa shape index (κ3) is 4.38. The smallest absolute Gasteiger partial charge is 0.341 e. The molecule has 29 heavy (non-hydrogen) atoms. The number of benzene rings is 3. The number of para-hydroxylation sites is 1. The molecule has 0 bridgehead atoms. The number of hydrogen-bond donors (Lipinski definition) is 1. The molecule has 1 unspecified atom stereocenters. The summed E-state index contributed by atoms with van der Waals surface area (Å²) in [5.74, 6) is 0.602. The van der Waals surface area contributed by atoms with Crippen molar-refractivity contribution >= 4 is 11.9 Å². The second kappa shape index (κ2) is 8.06. The number of carboxylic acids is 1. The van der Waals surface area contributed by atoms with Crippen LogP contribution in [-0.4, -0.2) is 23.7 Å². The van der Waals surface area contributed by atoms with Crippen molar-refractivity contribution in [2.75, 3.05) is 6.61 Å². The zero-order valence-corrected chi connectivity index (χ0v) is 15.4. The lowest BCUT2D eigenvalue weighted by Crippen LogP contribution is -2.21. The molecule has 1 heterocycles. The first-order valence-corrected chi connectivity index (χ1v) is 9.10. The summed E-state index contributed by atoms with van der Waals surface area (Å²) in [7, 11) is 0. The second-order valence-corrected chi connectivity index (χ2v) is 6.60. The predicted octanol–water partition coefficient (Wildman–Crippen LogP) is 4.38. The molecule has 1 aliphatic rings. The average molecular weight is 390 g/mol. The maximum absolute atomic E-state index is 12.1. The van der Waals surface area contributed by atoms with Crippen molar-refractivity contribution in [3.8, 4) is 23.0 Å². The molecule has 0 amide bonds. The third-order valence-corrected chi connectivity index (χ3v) is 4.58. The summed E-state index contributed by atoms with van der Waals surface area (Å²) in [5.41, 5.74) is 1.81. The zero-order chi connectivity index (χ0) is 20.2. The molecule has 0 aliphatic carbocycles. The maximum atomic E-state index is 12.1. The maximum Gasteiger partial charge on any atom is 0.341 e. The van der Waals surface area contributed by atoms with Gasteiger partial charge >= 0.3 is 11.9 Å². The van der Waals surface area contributed by atoms with Gasteiger partial charge in [0.2, 0.25) is 0 Å². The van der Waals surface area contributed by atoms with E-state index in [9.17, 15) is 9.59 Å². The quantitative estimate of drug-likeness (QED) is 0.497. The highest BCUT2D eigenvalue weighted by Crippen LogP contribution is 2.41. The lowest BCUT2D eigenvalue weighted by atomic mass is 9.86. The first-order valence-electron chi connectivity index (χ1n) is 9.10. The molecule has 6 nitrogen and oxygen atoms in total. The number of aliphatic carboxylic acids is 1. The van der Waals surface area contributed by atoms with Crippen LogP contribution in [0.2, 0.25) is 0 Å². The highest BCUT2D eigenvalue weighted by Gasteiger charge is 2.29. The summed E-state index contributed by atoms with van der Waals surface area (Å²) in [6.07, 6.45) is 0.223. The molecule has 0 fully saturated rings. The van der Waals surface area contributed by atoms with Crippen molar-refractivity contribution in [3.05, 3.63) is 83.9 Å². The third-order valence-electron chi connectivity index (χ3n) is 4.58. The van der Waals surface area contributed by atoms with Crippen LogP contribution in [0.15, 0.2) is 72.8 Å². The Morgan fingerprint density at radius 3 is 2.38 bits per heavy atom. The molecule has 0 saturated carbocycles. The van der Waals surface area contributed by atoms with Crippen LogP contribution >= 0.6 is 0 Å². The average Bonchev–Trinajstić information content (AvgIpc) is 2.73.